The maximum absolute atomic E-state index is 11.1. The van der Waals surface area contributed by atoms with E-state index in [1.807, 2.05) is 0 Å². The summed E-state index contributed by atoms with van der Waals surface area (Å²) < 4.78 is 10.2. The van der Waals surface area contributed by atoms with E-state index < -0.39 is 0 Å². The molecule has 0 amide bonds. The SMILES string of the molecule is C=C(C)C(=O)OCCC1(CC)COC1. The summed E-state index contributed by atoms with van der Waals surface area (Å²) >= 11 is 0. The van der Waals surface area contributed by atoms with Crippen LogP contribution in [0, 0.1) is 5.41 Å². The van der Waals surface area contributed by atoms with Gasteiger partial charge in [-0.3, -0.25) is 0 Å². The van der Waals surface area contributed by atoms with Crippen molar-refractivity contribution in [2.45, 2.75) is 26.7 Å². The van der Waals surface area contributed by atoms with Gasteiger partial charge in [-0.2, -0.15) is 0 Å². The molecule has 14 heavy (non-hydrogen) atoms. The van der Waals surface area contributed by atoms with E-state index in [9.17, 15) is 4.79 Å². The number of esters is 1. The predicted octanol–water partition coefficient (Wildman–Crippen LogP) is 1.92. The molecule has 0 saturated carbocycles. The van der Waals surface area contributed by atoms with Crippen LogP contribution in [0.1, 0.15) is 26.7 Å². The van der Waals surface area contributed by atoms with Crippen LogP contribution in [0.2, 0.25) is 0 Å². The summed E-state index contributed by atoms with van der Waals surface area (Å²) in [5.74, 6) is -0.295. The van der Waals surface area contributed by atoms with Gasteiger partial charge in [-0.05, 0) is 19.8 Å². The zero-order chi connectivity index (χ0) is 10.6. The van der Waals surface area contributed by atoms with Crippen LogP contribution in [0.5, 0.6) is 0 Å². The van der Waals surface area contributed by atoms with Gasteiger partial charge < -0.3 is 9.47 Å². The Balaban J connectivity index is 2.20. The lowest BCUT2D eigenvalue weighted by atomic mass is 9.80. The highest BCUT2D eigenvalue weighted by atomic mass is 16.5. The van der Waals surface area contributed by atoms with E-state index in [1.165, 1.54) is 0 Å². The second kappa shape index (κ2) is 4.60. The molecule has 0 N–H and O–H groups in total. The summed E-state index contributed by atoms with van der Waals surface area (Å²) in [5, 5.41) is 0. The first kappa shape index (κ1) is 11.2. The minimum Gasteiger partial charge on any atom is -0.462 e. The molecule has 0 unspecified atom stereocenters. The summed E-state index contributed by atoms with van der Waals surface area (Å²) in [5.41, 5.74) is 0.718. The Morgan fingerprint density at radius 2 is 2.21 bits per heavy atom. The number of hydrogen-bond acceptors (Lipinski definition) is 3. The average molecular weight is 198 g/mol. The van der Waals surface area contributed by atoms with Gasteiger partial charge in [0.25, 0.3) is 0 Å². The standard InChI is InChI=1S/C11H18O3/c1-4-11(7-13-8-11)5-6-14-10(12)9(2)3/h2,4-8H2,1,3H3. The molecule has 0 radical (unpaired) electrons. The minimum atomic E-state index is -0.295. The molecule has 0 aliphatic carbocycles. The van der Waals surface area contributed by atoms with E-state index in [0.29, 0.717) is 12.2 Å². The van der Waals surface area contributed by atoms with Crippen molar-refractivity contribution in [3.8, 4) is 0 Å². The van der Waals surface area contributed by atoms with Crippen molar-refractivity contribution in [2.24, 2.45) is 5.41 Å². The third-order valence-corrected chi connectivity index (χ3v) is 2.78. The van der Waals surface area contributed by atoms with Crippen LogP contribution in [-0.4, -0.2) is 25.8 Å². The monoisotopic (exact) mass is 198 g/mol. The highest BCUT2D eigenvalue weighted by molar-refractivity contribution is 5.86. The minimum absolute atomic E-state index is 0.259. The van der Waals surface area contributed by atoms with E-state index in [2.05, 4.69) is 13.5 Å². The molecular weight excluding hydrogens is 180 g/mol. The summed E-state index contributed by atoms with van der Waals surface area (Å²) in [6.07, 6.45) is 1.97. The molecule has 0 spiro atoms. The van der Waals surface area contributed by atoms with Crippen molar-refractivity contribution in [1.82, 2.24) is 0 Å². The number of carbonyl (C=O) groups excluding carboxylic acids is 1. The topological polar surface area (TPSA) is 35.5 Å². The van der Waals surface area contributed by atoms with E-state index in [4.69, 9.17) is 9.47 Å². The van der Waals surface area contributed by atoms with Gasteiger partial charge in [-0.25, -0.2) is 4.79 Å². The summed E-state index contributed by atoms with van der Waals surface area (Å²) in [4.78, 5) is 11.1. The van der Waals surface area contributed by atoms with E-state index in [1.54, 1.807) is 6.92 Å². The maximum Gasteiger partial charge on any atom is 0.333 e. The van der Waals surface area contributed by atoms with Gasteiger partial charge >= 0.3 is 5.97 Å². The van der Waals surface area contributed by atoms with Gasteiger partial charge in [0, 0.05) is 11.0 Å². The summed E-state index contributed by atoms with van der Waals surface area (Å²) in [6.45, 7) is 9.40. The molecule has 0 aromatic heterocycles. The zero-order valence-electron chi connectivity index (χ0n) is 8.97. The Hall–Kier alpha value is -0.830. The van der Waals surface area contributed by atoms with Crippen LogP contribution in [0.4, 0.5) is 0 Å². The van der Waals surface area contributed by atoms with Crippen molar-refractivity contribution in [1.29, 1.82) is 0 Å². The molecule has 1 rings (SSSR count). The lowest BCUT2D eigenvalue weighted by Gasteiger charge is -2.40. The third kappa shape index (κ3) is 2.58. The van der Waals surface area contributed by atoms with Crippen LogP contribution >= 0.6 is 0 Å². The molecular formula is C11H18O3. The van der Waals surface area contributed by atoms with E-state index in [0.717, 1.165) is 26.1 Å². The predicted molar refractivity (Wildman–Crippen MR) is 53.9 cm³/mol. The molecule has 1 saturated heterocycles. The quantitative estimate of drug-likeness (QED) is 0.500. The van der Waals surface area contributed by atoms with Crippen molar-refractivity contribution in [2.75, 3.05) is 19.8 Å². The Kier molecular flexibility index (Phi) is 3.69. The Morgan fingerprint density at radius 3 is 2.57 bits per heavy atom. The number of rotatable bonds is 5. The molecule has 3 heteroatoms. The second-order valence-corrected chi connectivity index (χ2v) is 4.01. The number of carbonyl (C=O) groups is 1. The maximum atomic E-state index is 11.1. The molecule has 1 heterocycles. The van der Waals surface area contributed by atoms with Crippen LogP contribution in [0.3, 0.4) is 0 Å². The fraction of sp³-hybridized carbons (Fsp3) is 0.727. The van der Waals surface area contributed by atoms with Crippen molar-refractivity contribution in [3.63, 3.8) is 0 Å². The molecule has 0 bridgehead atoms. The smallest absolute Gasteiger partial charge is 0.333 e. The van der Waals surface area contributed by atoms with Crippen LogP contribution < -0.4 is 0 Å². The number of ether oxygens (including phenoxy) is 2. The fourth-order valence-corrected chi connectivity index (χ4v) is 1.40. The first-order valence-electron chi connectivity index (χ1n) is 5.00. The van der Waals surface area contributed by atoms with Crippen LogP contribution in [0.15, 0.2) is 12.2 Å². The third-order valence-electron chi connectivity index (χ3n) is 2.78. The fourth-order valence-electron chi connectivity index (χ4n) is 1.40. The Morgan fingerprint density at radius 1 is 1.57 bits per heavy atom. The van der Waals surface area contributed by atoms with Gasteiger partial charge in [0.05, 0.1) is 19.8 Å². The number of hydrogen-bond donors (Lipinski definition) is 0. The van der Waals surface area contributed by atoms with Crippen LogP contribution in [0.25, 0.3) is 0 Å². The first-order chi connectivity index (χ1) is 6.59. The van der Waals surface area contributed by atoms with E-state index >= 15 is 0 Å². The molecule has 1 aliphatic heterocycles. The average Bonchev–Trinajstić information content (AvgIpc) is 2.09. The normalized spacial score (nSPS) is 18.4. The second-order valence-electron chi connectivity index (χ2n) is 4.01. The van der Waals surface area contributed by atoms with Crippen molar-refractivity contribution < 1.29 is 14.3 Å². The Labute approximate surface area is 85.1 Å². The zero-order valence-corrected chi connectivity index (χ0v) is 8.97. The van der Waals surface area contributed by atoms with Crippen molar-refractivity contribution in [3.05, 3.63) is 12.2 Å². The Bertz CT molecular complexity index is 223. The van der Waals surface area contributed by atoms with Gasteiger partial charge in [0.15, 0.2) is 0 Å². The van der Waals surface area contributed by atoms with Gasteiger partial charge in [-0.15, -0.1) is 0 Å². The molecule has 3 nitrogen and oxygen atoms in total. The molecule has 0 aromatic rings. The molecule has 1 fully saturated rings. The van der Waals surface area contributed by atoms with Gasteiger partial charge in [-0.1, -0.05) is 13.5 Å². The van der Waals surface area contributed by atoms with E-state index in [-0.39, 0.29) is 11.4 Å². The summed E-state index contributed by atoms with van der Waals surface area (Å²) in [7, 11) is 0. The lowest BCUT2D eigenvalue weighted by molar-refractivity contribution is -0.148. The van der Waals surface area contributed by atoms with Crippen molar-refractivity contribution >= 4 is 5.97 Å². The van der Waals surface area contributed by atoms with Gasteiger partial charge in [0.1, 0.15) is 0 Å². The lowest BCUT2D eigenvalue weighted by Crippen LogP contribution is -2.42. The molecule has 0 atom stereocenters. The highest BCUT2D eigenvalue weighted by Gasteiger charge is 2.36. The first-order valence-corrected chi connectivity index (χ1v) is 5.00. The summed E-state index contributed by atoms with van der Waals surface area (Å²) in [6, 6.07) is 0. The van der Waals surface area contributed by atoms with Gasteiger partial charge in [0.2, 0.25) is 0 Å². The molecule has 80 valence electrons. The highest BCUT2D eigenvalue weighted by Crippen LogP contribution is 2.34. The van der Waals surface area contributed by atoms with Crippen LogP contribution in [-0.2, 0) is 14.3 Å². The largest absolute Gasteiger partial charge is 0.462 e. The molecule has 1 aliphatic rings. The molecule has 0 aromatic carbocycles.